The second-order valence-electron chi connectivity index (χ2n) is 9.52. The molecule has 0 spiro atoms. The highest BCUT2D eigenvalue weighted by molar-refractivity contribution is 6.04. The van der Waals surface area contributed by atoms with E-state index < -0.39 is 16.9 Å². The van der Waals surface area contributed by atoms with Crippen LogP contribution < -0.4 is 11.1 Å². The van der Waals surface area contributed by atoms with Crippen molar-refractivity contribution in [2.24, 2.45) is 11.1 Å². The van der Waals surface area contributed by atoms with E-state index in [1.165, 1.54) is 18.9 Å². The van der Waals surface area contributed by atoms with Crippen LogP contribution in [0.5, 0.6) is 0 Å². The summed E-state index contributed by atoms with van der Waals surface area (Å²) in [5.41, 5.74) is 5.23. The second kappa shape index (κ2) is 10.0. The fraction of sp³-hybridized carbons (Fsp3) is 0.818. The van der Waals surface area contributed by atoms with E-state index in [0.29, 0.717) is 25.0 Å². The molecule has 2 aliphatic rings. The van der Waals surface area contributed by atoms with Gasteiger partial charge in [-0.25, -0.2) is 0 Å². The van der Waals surface area contributed by atoms with Crippen LogP contribution >= 0.6 is 0 Å². The predicted octanol–water partition coefficient (Wildman–Crippen LogP) is 2.69. The fourth-order valence-corrected chi connectivity index (χ4v) is 3.77. The van der Waals surface area contributed by atoms with Gasteiger partial charge in [-0.15, -0.1) is 0 Å². The van der Waals surface area contributed by atoms with Crippen molar-refractivity contribution < 1.29 is 19.1 Å². The van der Waals surface area contributed by atoms with Crippen molar-refractivity contribution in [3.63, 3.8) is 0 Å². The van der Waals surface area contributed by atoms with Gasteiger partial charge in [0, 0.05) is 29.8 Å². The number of carbonyl (C=O) groups excluding carboxylic acids is 2. The van der Waals surface area contributed by atoms with Crippen LogP contribution in [0, 0.1) is 5.41 Å². The molecule has 0 aromatic heterocycles. The number of nitrogens with one attached hydrogen (secondary N) is 1. The van der Waals surface area contributed by atoms with E-state index in [-0.39, 0.29) is 12.2 Å². The van der Waals surface area contributed by atoms with E-state index >= 15 is 0 Å². The second-order valence-corrected chi connectivity index (χ2v) is 9.52. The summed E-state index contributed by atoms with van der Waals surface area (Å²) in [6.07, 6.45) is 8.67. The first-order valence-electron chi connectivity index (χ1n) is 10.8. The zero-order valence-corrected chi connectivity index (χ0v) is 18.8. The maximum atomic E-state index is 12.8. The van der Waals surface area contributed by atoms with Gasteiger partial charge in [-0.05, 0) is 53.0 Å². The number of hydrogen-bond donors (Lipinski definition) is 2. The van der Waals surface area contributed by atoms with Crippen LogP contribution in [0.25, 0.3) is 0 Å². The van der Waals surface area contributed by atoms with Crippen molar-refractivity contribution in [1.82, 2.24) is 10.2 Å². The van der Waals surface area contributed by atoms with Gasteiger partial charge in [0.25, 0.3) is 5.91 Å². The first-order valence-corrected chi connectivity index (χ1v) is 10.8. The largest absolute Gasteiger partial charge is 0.401 e. The topological polar surface area (TPSA) is 93.9 Å². The van der Waals surface area contributed by atoms with Gasteiger partial charge in [0.1, 0.15) is 0 Å². The highest BCUT2D eigenvalue weighted by atomic mass is 16.7. The summed E-state index contributed by atoms with van der Waals surface area (Å²) in [6, 6.07) is 0.379. The monoisotopic (exact) mass is 409 g/mol. The maximum Gasteiger partial charge on any atom is 0.252 e. The van der Waals surface area contributed by atoms with Crippen molar-refractivity contribution in [1.29, 1.82) is 0 Å². The molecule has 0 bridgehead atoms. The molecule has 2 rings (SSSR count). The number of nitrogens with two attached hydrogens (primary N) is 1. The van der Waals surface area contributed by atoms with Crippen LogP contribution in [0.15, 0.2) is 11.8 Å². The van der Waals surface area contributed by atoms with Crippen LogP contribution in [-0.4, -0.2) is 54.8 Å². The third-order valence-corrected chi connectivity index (χ3v) is 6.38. The summed E-state index contributed by atoms with van der Waals surface area (Å²) in [4.78, 5) is 27.3. The molecule has 7 nitrogen and oxygen atoms in total. The lowest BCUT2D eigenvalue weighted by Crippen LogP contribution is -2.57. The third kappa shape index (κ3) is 6.52. The van der Waals surface area contributed by atoms with Gasteiger partial charge in [0.15, 0.2) is 6.29 Å². The van der Waals surface area contributed by atoms with Gasteiger partial charge in [0.2, 0.25) is 5.91 Å². The lowest BCUT2D eigenvalue weighted by atomic mass is 9.90. The lowest BCUT2D eigenvalue weighted by Gasteiger charge is -2.38. The van der Waals surface area contributed by atoms with Crippen LogP contribution in [0.2, 0.25) is 0 Å². The Kier molecular flexibility index (Phi) is 8.26. The number of likely N-dealkylation sites (N-methyl/N-ethyl adjacent to an activating group) is 1. The molecule has 1 saturated carbocycles. The molecule has 1 saturated heterocycles. The Balaban J connectivity index is 1.90. The van der Waals surface area contributed by atoms with E-state index in [0.717, 1.165) is 32.1 Å². The van der Waals surface area contributed by atoms with Gasteiger partial charge in [-0.2, -0.15) is 0 Å². The summed E-state index contributed by atoms with van der Waals surface area (Å²) in [6.45, 7) is 8.58. The Hall–Kier alpha value is -1.44. The fourth-order valence-electron chi connectivity index (χ4n) is 3.77. The Morgan fingerprint density at radius 3 is 2.34 bits per heavy atom. The number of rotatable bonds is 8. The molecule has 3 N–H and O–H groups in total. The van der Waals surface area contributed by atoms with Crippen molar-refractivity contribution >= 4 is 11.8 Å². The average Bonchev–Trinajstić information content (AvgIpc) is 3.21. The number of nitrogens with zero attached hydrogens (tertiary/aromatic N) is 1. The highest BCUT2D eigenvalue weighted by Gasteiger charge is 2.38. The number of hydrogen-bond acceptors (Lipinski definition) is 6. The zero-order valence-electron chi connectivity index (χ0n) is 18.8. The first kappa shape index (κ1) is 23.8. The molecular formula is C22H39N3O4. The molecule has 2 amide bonds. The summed E-state index contributed by atoms with van der Waals surface area (Å²) in [7, 11) is 1.96. The van der Waals surface area contributed by atoms with Crippen molar-refractivity contribution in [2.75, 3.05) is 20.3 Å². The Morgan fingerprint density at radius 2 is 1.76 bits per heavy atom. The lowest BCUT2D eigenvalue weighted by molar-refractivity contribution is -0.173. The van der Waals surface area contributed by atoms with Gasteiger partial charge in [-0.1, -0.05) is 26.7 Å². The average molecular weight is 410 g/mol. The summed E-state index contributed by atoms with van der Waals surface area (Å²) < 4.78 is 11.4. The SMILES string of the molecule is CN(C1CCCC1)C(C)(C)C(=O)NC(=O)C=C(N)C(C)(C)COC1CCCCO1. The van der Waals surface area contributed by atoms with E-state index in [1.807, 2.05) is 34.7 Å². The van der Waals surface area contributed by atoms with Crippen LogP contribution in [0.4, 0.5) is 0 Å². The third-order valence-electron chi connectivity index (χ3n) is 6.38. The molecule has 0 aromatic carbocycles. The van der Waals surface area contributed by atoms with Crippen molar-refractivity contribution in [2.45, 2.75) is 90.5 Å². The van der Waals surface area contributed by atoms with Crippen LogP contribution in [0.1, 0.15) is 72.6 Å². The molecule has 1 heterocycles. The Labute approximate surface area is 175 Å². The number of carbonyl (C=O) groups is 2. The minimum atomic E-state index is -0.774. The van der Waals surface area contributed by atoms with Crippen LogP contribution in [0.3, 0.4) is 0 Å². The Morgan fingerprint density at radius 1 is 1.14 bits per heavy atom. The van der Waals surface area contributed by atoms with E-state index in [2.05, 4.69) is 10.2 Å². The number of imide groups is 1. The van der Waals surface area contributed by atoms with Gasteiger partial charge < -0.3 is 15.2 Å². The molecule has 0 radical (unpaired) electrons. The number of amides is 2. The van der Waals surface area contributed by atoms with Gasteiger partial charge >= 0.3 is 0 Å². The molecule has 166 valence electrons. The quantitative estimate of drug-likeness (QED) is 0.599. The predicted molar refractivity (Wildman–Crippen MR) is 113 cm³/mol. The molecular weight excluding hydrogens is 370 g/mol. The molecule has 1 atom stereocenters. The molecule has 1 unspecified atom stereocenters. The minimum absolute atomic E-state index is 0.210. The van der Waals surface area contributed by atoms with E-state index in [9.17, 15) is 9.59 Å². The van der Waals surface area contributed by atoms with Crippen LogP contribution in [-0.2, 0) is 19.1 Å². The first-order chi connectivity index (χ1) is 13.5. The Bertz CT molecular complexity index is 603. The molecule has 7 heteroatoms. The summed E-state index contributed by atoms with van der Waals surface area (Å²) in [5.74, 6) is -0.812. The normalized spacial score (nSPS) is 22.1. The highest BCUT2D eigenvalue weighted by Crippen LogP contribution is 2.28. The molecule has 0 aromatic rings. The molecule has 2 fully saturated rings. The summed E-state index contributed by atoms with van der Waals surface area (Å²) in [5, 5.41) is 2.49. The number of ether oxygens (including phenoxy) is 2. The van der Waals surface area contributed by atoms with Crippen molar-refractivity contribution in [3.05, 3.63) is 11.8 Å². The molecule has 1 aliphatic heterocycles. The standard InChI is InChI=1S/C22H39N3O4/c1-21(2,15-29-19-12-8-9-13-28-19)17(23)14-18(26)24-20(27)22(3,4)25(5)16-10-6-7-11-16/h14,16,19H,6-13,15,23H2,1-5H3,(H,24,26,27). The molecule has 29 heavy (non-hydrogen) atoms. The smallest absolute Gasteiger partial charge is 0.252 e. The van der Waals surface area contributed by atoms with E-state index in [1.54, 1.807) is 0 Å². The van der Waals surface area contributed by atoms with Gasteiger partial charge in [-0.3, -0.25) is 19.8 Å². The zero-order chi connectivity index (χ0) is 21.7. The molecule has 1 aliphatic carbocycles. The van der Waals surface area contributed by atoms with Crippen molar-refractivity contribution in [3.8, 4) is 0 Å². The maximum absolute atomic E-state index is 12.8. The minimum Gasteiger partial charge on any atom is -0.401 e. The van der Waals surface area contributed by atoms with E-state index in [4.69, 9.17) is 15.2 Å². The van der Waals surface area contributed by atoms with Gasteiger partial charge in [0.05, 0.1) is 12.1 Å². The summed E-state index contributed by atoms with van der Waals surface area (Å²) >= 11 is 0.